The van der Waals surface area contributed by atoms with Gasteiger partial charge in [-0.3, -0.25) is 9.52 Å². The maximum Gasteiger partial charge on any atom is 0.262 e. The Morgan fingerprint density at radius 3 is 2.38 bits per heavy atom. The normalized spacial score (nSPS) is 11.0. The van der Waals surface area contributed by atoms with E-state index in [1.165, 1.54) is 13.2 Å². The lowest BCUT2D eigenvalue weighted by atomic mass is 10.1. The van der Waals surface area contributed by atoms with E-state index in [4.69, 9.17) is 9.47 Å². The molecule has 3 aromatic rings. The number of rotatable bonds is 8. The molecule has 0 saturated heterocycles. The van der Waals surface area contributed by atoms with Crippen LogP contribution in [0.1, 0.15) is 16.7 Å². The summed E-state index contributed by atoms with van der Waals surface area (Å²) in [7, 11) is -2.45. The highest BCUT2D eigenvalue weighted by atomic mass is 32.2. The van der Waals surface area contributed by atoms with Crippen molar-refractivity contribution in [2.75, 3.05) is 23.8 Å². The number of hydrogen-bond acceptors (Lipinski definition) is 5. The molecular weight excluding hydrogens is 428 g/mol. The fourth-order valence-corrected chi connectivity index (χ4v) is 4.54. The second-order valence-electron chi connectivity index (χ2n) is 7.39. The smallest absolute Gasteiger partial charge is 0.262 e. The molecule has 168 valence electrons. The highest BCUT2D eigenvalue weighted by Gasteiger charge is 2.20. The van der Waals surface area contributed by atoms with Gasteiger partial charge in [-0.1, -0.05) is 35.9 Å². The van der Waals surface area contributed by atoms with Crippen LogP contribution >= 0.6 is 0 Å². The fourth-order valence-electron chi connectivity index (χ4n) is 3.20. The van der Waals surface area contributed by atoms with E-state index in [9.17, 15) is 13.2 Å². The Morgan fingerprint density at radius 1 is 0.906 bits per heavy atom. The summed E-state index contributed by atoms with van der Waals surface area (Å²) in [4.78, 5) is 12.4. The lowest BCUT2D eigenvalue weighted by Gasteiger charge is -2.15. The number of sulfonamides is 1. The summed E-state index contributed by atoms with van der Waals surface area (Å²) in [5.74, 6) is 0.635. The Balaban J connectivity index is 1.74. The van der Waals surface area contributed by atoms with Crippen molar-refractivity contribution in [3.05, 3.63) is 77.4 Å². The van der Waals surface area contributed by atoms with E-state index >= 15 is 0 Å². The number of amides is 1. The molecular formula is C24H26N2O5S. The summed E-state index contributed by atoms with van der Waals surface area (Å²) in [5, 5.41) is 2.69. The predicted molar refractivity (Wildman–Crippen MR) is 125 cm³/mol. The van der Waals surface area contributed by atoms with Crippen LogP contribution in [0.15, 0.2) is 65.6 Å². The molecule has 7 nitrogen and oxygen atoms in total. The number of ether oxygens (including phenoxy) is 2. The van der Waals surface area contributed by atoms with Gasteiger partial charge in [0.2, 0.25) is 0 Å². The monoisotopic (exact) mass is 454 g/mol. The summed E-state index contributed by atoms with van der Waals surface area (Å²) >= 11 is 0. The first-order valence-electron chi connectivity index (χ1n) is 9.96. The average molecular weight is 455 g/mol. The van der Waals surface area contributed by atoms with E-state index in [0.717, 1.165) is 11.1 Å². The van der Waals surface area contributed by atoms with E-state index in [-0.39, 0.29) is 11.5 Å². The van der Waals surface area contributed by atoms with Crippen LogP contribution in [0.5, 0.6) is 11.5 Å². The van der Waals surface area contributed by atoms with Crippen LogP contribution in [0.3, 0.4) is 0 Å². The number of aryl methyl sites for hydroxylation is 3. The zero-order chi connectivity index (χ0) is 23.3. The van der Waals surface area contributed by atoms with Crippen molar-refractivity contribution >= 4 is 27.3 Å². The van der Waals surface area contributed by atoms with Gasteiger partial charge in [-0.05, 0) is 62.2 Å². The molecule has 0 aliphatic rings. The molecule has 0 aliphatic heterocycles. The Morgan fingerprint density at radius 2 is 1.66 bits per heavy atom. The van der Waals surface area contributed by atoms with Crippen LogP contribution in [0.4, 0.5) is 11.4 Å². The van der Waals surface area contributed by atoms with E-state index in [0.29, 0.717) is 28.4 Å². The Kier molecular flexibility index (Phi) is 7.05. The first-order valence-corrected chi connectivity index (χ1v) is 11.4. The molecule has 0 unspecified atom stereocenters. The molecule has 0 radical (unpaired) electrons. The molecule has 0 bridgehead atoms. The van der Waals surface area contributed by atoms with Crippen LogP contribution in [-0.2, 0) is 14.8 Å². The predicted octanol–water partition coefficient (Wildman–Crippen LogP) is 4.44. The van der Waals surface area contributed by atoms with Crippen LogP contribution in [0, 0.1) is 20.8 Å². The van der Waals surface area contributed by atoms with Gasteiger partial charge in [0.05, 0.1) is 17.7 Å². The lowest BCUT2D eigenvalue weighted by Crippen LogP contribution is -2.21. The van der Waals surface area contributed by atoms with Gasteiger partial charge in [0.25, 0.3) is 15.9 Å². The van der Waals surface area contributed by atoms with E-state index in [1.807, 2.05) is 32.0 Å². The van der Waals surface area contributed by atoms with Gasteiger partial charge in [-0.15, -0.1) is 0 Å². The number of carbonyl (C=O) groups is 1. The number of para-hydroxylation sites is 2. The van der Waals surface area contributed by atoms with Crippen LogP contribution in [-0.4, -0.2) is 28.0 Å². The van der Waals surface area contributed by atoms with Gasteiger partial charge >= 0.3 is 0 Å². The van der Waals surface area contributed by atoms with Crippen LogP contribution in [0.25, 0.3) is 0 Å². The van der Waals surface area contributed by atoms with E-state index in [2.05, 4.69) is 10.0 Å². The highest BCUT2D eigenvalue weighted by molar-refractivity contribution is 7.92. The lowest BCUT2D eigenvalue weighted by molar-refractivity contribution is -0.118. The molecule has 0 heterocycles. The largest absolute Gasteiger partial charge is 0.495 e. The van der Waals surface area contributed by atoms with Crippen molar-refractivity contribution in [3.63, 3.8) is 0 Å². The number of anilines is 2. The van der Waals surface area contributed by atoms with Gasteiger partial charge in [0.1, 0.15) is 11.5 Å². The Hall–Kier alpha value is -3.52. The minimum Gasteiger partial charge on any atom is -0.495 e. The molecule has 0 fully saturated rings. The van der Waals surface area contributed by atoms with E-state index < -0.39 is 15.9 Å². The van der Waals surface area contributed by atoms with Crippen LogP contribution in [0.2, 0.25) is 0 Å². The third-order valence-electron chi connectivity index (χ3n) is 4.80. The van der Waals surface area contributed by atoms with Crippen molar-refractivity contribution in [3.8, 4) is 11.5 Å². The summed E-state index contributed by atoms with van der Waals surface area (Å²) in [6.07, 6.45) is 0. The molecule has 3 aromatic carbocycles. The average Bonchev–Trinajstić information content (AvgIpc) is 2.74. The minimum atomic E-state index is -3.91. The third-order valence-corrected chi connectivity index (χ3v) is 6.31. The van der Waals surface area contributed by atoms with Crippen molar-refractivity contribution in [2.24, 2.45) is 0 Å². The molecule has 0 aliphatic carbocycles. The first kappa shape index (κ1) is 23.1. The Labute approximate surface area is 188 Å². The molecule has 0 saturated carbocycles. The standard InChI is InChI=1S/C24H26N2O5S/c1-16-9-12-21(18(3)13-16)31-15-24(27)25-19-11-10-17(2)23(14-19)32(28,29)26-20-7-5-6-8-22(20)30-4/h5-14,26H,15H2,1-4H3,(H,25,27). The first-order chi connectivity index (χ1) is 15.2. The van der Waals surface area contributed by atoms with Crippen molar-refractivity contribution in [1.29, 1.82) is 0 Å². The van der Waals surface area contributed by atoms with E-state index in [1.54, 1.807) is 43.3 Å². The molecule has 2 N–H and O–H groups in total. The topological polar surface area (TPSA) is 93.7 Å². The minimum absolute atomic E-state index is 0.0523. The number of carbonyl (C=O) groups excluding carboxylic acids is 1. The summed E-state index contributed by atoms with van der Waals surface area (Å²) in [6.45, 7) is 5.38. The molecule has 0 atom stereocenters. The number of benzene rings is 3. The van der Waals surface area contributed by atoms with Gasteiger partial charge in [-0.2, -0.15) is 0 Å². The molecule has 0 spiro atoms. The zero-order valence-electron chi connectivity index (χ0n) is 18.4. The zero-order valence-corrected chi connectivity index (χ0v) is 19.2. The second kappa shape index (κ2) is 9.74. The maximum absolute atomic E-state index is 13.0. The Bertz CT molecular complexity index is 1240. The summed E-state index contributed by atoms with van der Waals surface area (Å²) < 4.78 is 39.4. The van der Waals surface area contributed by atoms with Crippen LogP contribution < -0.4 is 19.5 Å². The van der Waals surface area contributed by atoms with Gasteiger partial charge in [0, 0.05) is 5.69 Å². The number of methoxy groups -OCH3 is 1. The van der Waals surface area contributed by atoms with Gasteiger partial charge in [-0.25, -0.2) is 8.42 Å². The van der Waals surface area contributed by atoms with Gasteiger partial charge in [0.15, 0.2) is 6.61 Å². The molecule has 32 heavy (non-hydrogen) atoms. The number of hydrogen-bond donors (Lipinski definition) is 2. The van der Waals surface area contributed by atoms with Crippen molar-refractivity contribution in [2.45, 2.75) is 25.7 Å². The molecule has 3 rings (SSSR count). The van der Waals surface area contributed by atoms with Crippen molar-refractivity contribution < 1.29 is 22.7 Å². The third kappa shape index (κ3) is 5.59. The summed E-state index contributed by atoms with van der Waals surface area (Å²) in [6, 6.07) is 17.1. The fraction of sp³-hybridized carbons (Fsp3) is 0.208. The van der Waals surface area contributed by atoms with Gasteiger partial charge < -0.3 is 14.8 Å². The SMILES string of the molecule is COc1ccccc1NS(=O)(=O)c1cc(NC(=O)COc2ccc(C)cc2C)ccc1C. The second-order valence-corrected chi connectivity index (χ2v) is 9.04. The molecule has 1 amide bonds. The quantitative estimate of drug-likeness (QED) is 0.525. The molecule has 8 heteroatoms. The highest BCUT2D eigenvalue weighted by Crippen LogP contribution is 2.28. The summed E-state index contributed by atoms with van der Waals surface area (Å²) in [5.41, 5.74) is 3.26. The maximum atomic E-state index is 13.0. The van der Waals surface area contributed by atoms with Crippen molar-refractivity contribution in [1.82, 2.24) is 0 Å². The number of nitrogens with one attached hydrogen (secondary N) is 2. The molecule has 0 aromatic heterocycles.